The van der Waals surface area contributed by atoms with Crippen molar-refractivity contribution < 1.29 is 32.8 Å². The minimum atomic E-state index is -4.28. The van der Waals surface area contributed by atoms with E-state index < -0.39 is 13.9 Å². The topological polar surface area (TPSA) is 117 Å². The highest BCUT2D eigenvalue weighted by molar-refractivity contribution is 7.47. The number of hydrogen-bond donors (Lipinski definition) is 2. The van der Waals surface area contributed by atoms with Crippen LogP contribution in [-0.2, 0) is 27.9 Å². The number of unbranched alkanes of at least 4 members (excludes halogenated alkanes) is 22. The third-order valence-electron chi connectivity index (χ3n) is 9.92. The van der Waals surface area contributed by atoms with E-state index >= 15 is 0 Å². The zero-order chi connectivity index (χ0) is 42.3. The van der Waals surface area contributed by atoms with E-state index in [0.29, 0.717) is 13.0 Å². The predicted molar refractivity (Wildman–Crippen MR) is 247 cm³/mol. The molecule has 0 saturated carbocycles. The van der Waals surface area contributed by atoms with Gasteiger partial charge in [0.25, 0.3) is 0 Å². The van der Waals surface area contributed by atoms with E-state index in [4.69, 9.17) is 24.3 Å². The lowest BCUT2D eigenvalue weighted by molar-refractivity contribution is -0.154. The molecule has 0 saturated heterocycles. The summed E-state index contributed by atoms with van der Waals surface area (Å²) in [5, 5.41) is 0. The van der Waals surface area contributed by atoms with Gasteiger partial charge < -0.3 is 20.1 Å². The normalized spacial score (nSPS) is 13.9. The summed E-state index contributed by atoms with van der Waals surface area (Å²) in [7, 11) is -4.28. The van der Waals surface area contributed by atoms with Crippen LogP contribution < -0.4 is 5.73 Å². The Bertz CT molecular complexity index is 1070. The summed E-state index contributed by atoms with van der Waals surface area (Å²) in [5.41, 5.74) is 5.38. The molecule has 0 aromatic carbocycles. The third kappa shape index (κ3) is 45.3. The van der Waals surface area contributed by atoms with E-state index in [1.165, 1.54) is 128 Å². The lowest BCUT2D eigenvalue weighted by Gasteiger charge is -2.20. The molecule has 0 aliphatic heterocycles. The number of rotatable bonds is 45. The summed E-state index contributed by atoms with van der Waals surface area (Å²) in [6, 6.07) is 0. The van der Waals surface area contributed by atoms with Gasteiger partial charge in [0.15, 0.2) is 0 Å². The average Bonchev–Trinajstić information content (AvgIpc) is 3.21. The summed E-state index contributed by atoms with van der Waals surface area (Å²) in [6.07, 6.45) is 56.7. The maximum atomic E-state index is 12.6. The Balaban J connectivity index is 3.95. The highest BCUT2D eigenvalue weighted by Gasteiger charge is 2.25. The summed E-state index contributed by atoms with van der Waals surface area (Å²) >= 11 is 0. The van der Waals surface area contributed by atoms with Crippen LogP contribution >= 0.6 is 7.82 Å². The Labute approximate surface area is 357 Å². The molecule has 0 rings (SSSR count). The molecule has 0 radical (unpaired) electrons. The maximum Gasteiger partial charge on any atom is 0.472 e. The van der Waals surface area contributed by atoms with Gasteiger partial charge in [0.2, 0.25) is 0 Å². The Morgan fingerprint density at radius 3 is 1.47 bits per heavy atom. The van der Waals surface area contributed by atoms with Crippen LogP contribution in [0.4, 0.5) is 0 Å². The van der Waals surface area contributed by atoms with Gasteiger partial charge in [0.1, 0.15) is 6.10 Å². The molecule has 338 valence electrons. The van der Waals surface area contributed by atoms with Crippen LogP contribution in [0.5, 0.6) is 0 Å². The van der Waals surface area contributed by atoms with Gasteiger partial charge in [0, 0.05) is 19.6 Å². The summed E-state index contributed by atoms with van der Waals surface area (Å²) < 4.78 is 33.5. The highest BCUT2D eigenvalue weighted by atomic mass is 31.2. The fraction of sp³-hybridized carbons (Fsp3) is 0.776. The Morgan fingerprint density at radius 1 is 0.534 bits per heavy atom. The highest BCUT2D eigenvalue weighted by Crippen LogP contribution is 2.43. The summed E-state index contributed by atoms with van der Waals surface area (Å²) in [5.74, 6) is -0.336. The first-order valence-corrected chi connectivity index (χ1v) is 25.3. The van der Waals surface area contributed by atoms with Gasteiger partial charge in [-0.1, -0.05) is 184 Å². The smallest absolute Gasteiger partial charge is 0.457 e. The fourth-order valence-corrected chi connectivity index (χ4v) is 7.22. The van der Waals surface area contributed by atoms with Gasteiger partial charge >= 0.3 is 13.8 Å². The van der Waals surface area contributed by atoms with Crippen LogP contribution in [0.25, 0.3) is 0 Å². The third-order valence-corrected chi connectivity index (χ3v) is 10.9. The van der Waals surface area contributed by atoms with Crippen molar-refractivity contribution in [1.82, 2.24) is 0 Å². The SMILES string of the molecule is CC/C=C\C/C=C\C/C=C\C/C=C\CCCCCCCCCCCCCCC(=O)OC(COCCCCCCCC/C=C\CCCCCC)COP(=O)(O)OCCN. The summed E-state index contributed by atoms with van der Waals surface area (Å²) in [6.45, 7) is 4.79. The molecule has 2 unspecified atom stereocenters. The zero-order valence-corrected chi connectivity index (χ0v) is 38.4. The molecule has 0 heterocycles. The Morgan fingerprint density at radius 2 is 0.966 bits per heavy atom. The molecule has 0 aliphatic rings. The van der Waals surface area contributed by atoms with Gasteiger partial charge in [-0.15, -0.1) is 0 Å². The number of esters is 1. The molecule has 0 spiro atoms. The fourth-order valence-electron chi connectivity index (χ4n) is 6.45. The van der Waals surface area contributed by atoms with Crippen LogP contribution in [0, 0.1) is 0 Å². The Kier molecular flexibility index (Phi) is 44.8. The van der Waals surface area contributed by atoms with E-state index in [-0.39, 0.29) is 32.3 Å². The van der Waals surface area contributed by atoms with Gasteiger partial charge in [-0.05, 0) is 77.0 Å². The number of allylic oxidation sites excluding steroid dienone is 10. The van der Waals surface area contributed by atoms with E-state index in [1.807, 2.05) is 0 Å². The number of phosphoric acid groups is 1. The van der Waals surface area contributed by atoms with Crippen molar-refractivity contribution in [3.05, 3.63) is 60.8 Å². The quantitative estimate of drug-likeness (QED) is 0.0269. The lowest BCUT2D eigenvalue weighted by atomic mass is 10.0. The van der Waals surface area contributed by atoms with Gasteiger partial charge in [0.05, 0.1) is 19.8 Å². The number of carbonyl (C=O) groups excluding carboxylic acids is 1. The first kappa shape index (κ1) is 56.2. The predicted octanol–water partition coefficient (Wildman–Crippen LogP) is 14.5. The molecule has 0 aromatic heterocycles. The monoisotopic (exact) mass is 836 g/mol. The van der Waals surface area contributed by atoms with Crippen LogP contribution in [0.2, 0.25) is 0 Å². The van der Waals surface area contributed by atoms with E-state index in [2.05, 4.69) is 74.6 Å². The first-order chi connectivity index (χ1) is 28.4. The van der Waals surface area contributed by atoms with Crippen molar-refractivity contribution in [3.63, 3.8) is 0 Å². The minimum absolute atomic E-state index is 0.0975. The molecule has 0 fully saturated rings. The van der Waals surface area contributed by atoms with Crippen molar-refractivity contribution in [2.75, 3.05) is 33.0 Å². The van der Waals surface area contributed by atoms with Gasteiger partial charge in [-0.25, -0.2) is 4.57 Å². The maximum absolute atomic E-state index is 12.6. The average molecular weight is 836 g/mol. The molecule has 0 amide bonds. The number of ether oxygens (including phenoxy) is 2. The molecule has 9 heteroatoms. The number of carbonyl (C=O) groups is 1. The van der Waals surface area contributed by atoms with Gasteiger partial charge in [-0.3, -0.25) is 13.8 Å². The second-order valence-corrected chi connectivity index (χ2v) is 17.0. The number of nitrogens with two attached hydrogens (primary N) is 1. The molecule has 0 aromatic rings. The van der Waals surface area contributed by atoms with Crippen LogP contribution in [0.3, 0.4) is 0 Å². The molecule has 58 heavy (non-hydrogen) atoms. The van der Waals surface area contributed by atoms with Gasteiger partial charge in [-0.2, -0.15) is 0 Å². The molecule has 8 nitrogen and oxygen atoms in total. The molecule has 3 N–H and O–H groups in total. The van der Waals surface area contributed by atoms with Crippen molar-refractivity contribution in [2.24, 2.45) is 5.73 Å². The lowest BCUT2D eigenvalue weighted by Crippen LogP contribution is -2.28. The minimum Gasteiger partial charge on any atom is -0.457 e. The first-order valence-electron chi connectivity index (χ1n) is 23.8. The second kappa shape index (κ2) is 46.3. The van der Waals surface area contributed by atoms with Crippen molar-refractivity contribution in [2.45, 2.75) is 213 Å². The molecule has 0 aliphatic carbocycles. The zero-order valence-electron chi connectivity index (χ0n) is 37.5. The number of phosphoric ester groups is 1. The van der Waals surface area contributed by atoms with Crippen LogP contribution in [-0.4, -0.2) is 49.9 Å². The van der Waals surface area contributed by atoms with Crippen LogP contribution in [0.15, 0.2) is 60.8 Å². The van der Waals surface area contributed by atoms with Crippen molar-refractivity contribution >= 4 is 13.8 Å². The van der Waals surface area contributed by atoms with Crippen molar-refractivity contribution in [1.29, 1.82) is 0 Å². The van der Waals surface area contributed by atoms with E-state index in [1.54, 1.807) is 0 Å². The Hall–Kier alpha value is -1.80. The molecular formula is C49H90NO7P. The molecule has 2 atom stereocenters. The van der Waals surface area contributed by atoms with Crippen LogP contribution in [0.1, 0.15) is 206 Å². The largest absolute Gasteiger partial charge is 0.472 e. The van der Waals surface area contributed by atoms with Crippen molar-refractivity contribution in [3.8, 4) is 0 Å². The second-order valence-electron chi connectivity index (χ2n) is 15.6. The summed E-state index contributed by atoms with van der Waals surface area (Å²) in [4.78, 5) is 22.5. The van der Waals surface area contributed by atoms with E-state index in [9.17, 15) is 14.3 Å². The standard InChI is InChI=1S/C49H90NO7P/c1-3-5-7-9-11-13-15-17-19-20-21-22-23-24-25-26-27-28-29-30-32-34-36-38-40-42-49(51)57-48(47-56-58(52,53)55-45-43-50)46-54-44-41-39-37-35-33-31-18-16-14-12-10-8-6-4-2/h5,7,11,13-14,16-17,19,21-22,48H,3-4,6,8-10,12,15,18,20,23-47,50H2,1-2H3,(H,52,53)/b7-5-,13-11-,16-14-,19-17-,22-21-. The number of hydrogen-bond acceptors (Lipinski definition) is 7. The van der Waals surface area contributed by atoms with E-state index in [0.717, 1.165) is 57.8 Å². The molecule has 0 bridgehead atoms. The molecular weight excluding hydrogens is 746 g/mol.